The standard InChI is InChI=1S/C25H18ClN3O4/c26-21-7-2-1-6-20(21)25(31)29-18-5-3-4-16(13-18)12-17(15-27)24(30)28-19-8-9-22-23(14-19)33-11-10-32-22/h1-9,12-14H,10-11H2,(H,28,30)(H,29,31)/b17-12+. The second-order valence-electron chi connectivity index (χ2n) is 7.04. The van der Waals surface area contributed by atoms with Crippen LogP contribution in [0.1, 0.15) is 15.9 Å². The predicted molar refractivity (Wildman–Crippen MR) is 125 cm³/mol. The van der Waals surface area contributed by atoms with Gasteiger partial charge in [0.15, 0.2) is 11.5 Å². The van der Waals surface area contributed by atoms with Gasteiger partial charge < -0.3 is 20.1 Å². The fraction of sp³-hybridized carbons (Fsp3) is 0.0800. The number of carbonyl (C=O) groups is 2. The molecule has 1 aliphatic heterocycles. The Labute approximate surface area is 195 Å². The number of fused-ring (bicyclic) bond motifs is 1. The Balaban J connectivity index is 1.49. The highest BCUT2D eigenvalue weighted by Gasteiger charge is 2.15. The van der Waals surface area contributed by atoms with E-state index in [1.165, 1.54) is 6.08 Å². The average Bonchev–Trinajstić information content (AvgIpc) is 2.83. The summed E-state index contributed by atoms with van der Waals surface area (Å²) in [7, 11) is 0. The molecule has 3 aromatic rings. The molecule has 4 rings (SSSR count). The first-order valence-corrected chi connectivity index (χ1v) is 10.4. The van der Waals surface area contributed by atoms with Gasteiger partial charge in [0.05, 0.1) is 10.6 Å². The molecule has 8 heteroatoms. The van der Waals surface area contributed by atoms with Crippen LogP contribution in [-0.4, -0.2) is 25.0 Å². The molecule has 164 valence electrons. The number of nitriles is 1. The van der Waals surface area contributed by atoms with Crippen LogP contribution >= 0.6 is 11.6 Å². The SMILES string of the molecule is N#C/C(=C\c1cccc(NC(=O)c2ccccc2Cl)c1)C(=O)Nc1ccc2c(c1)OCCO2. The number of nitrogens with zero attached hydrogens (tertiary/aromatic N) is 1. The molecule has 1 aliphatic rings. The van der Waals surface area contributed by atoms with Crippen molar-refractivity contribution >= 4 is 40.9 Å². The molecule has 0 saturated heterocycles. The van der Waals surface area contributed by atoms with E-state index >= 15 is 0 Å². The first-order valence-electron chi connectivity index (χ1n) is 10.0. The fourth-order valence-electron chi connectivity index (χ4n) is 3.18. The molecule has 33 heavy (non-hydrogen) atoms. The Morgan fingerprint density at radius 2 is 1.67 bits per heavy atom. The van der Waals surface area contributed by atoms with Crippen molar-refractivity contribution in [3.63, 3.8) is 0 Å². The van der Waals surface area contributed by atoms with Crippen LogP contribution in [0.4, 0.5) is 11.4 Å². The van der Waals surface area contributed by atoms with Crippen molar-refractivity contribution in [1.82, 2.24) is 0 Å². The van der Waals surface area contributed by atoms with Crippen LogP contribution in [0.15, 0.2) is 72.3 Å². The highest BCUT2D eigenvalue weighted by atomic mass is 35.5. The Morgan fingerprint density at radius 1 is 0.909 bits per heavy atom. The second-order valence-corrected chi connectivity index (χ2v) is 7.45. The summed E-state index contributed by atoms with van der Waals surface area (Å²) >= 11 is 6.08. The van der Waals surface area contributed by atoms with Gasteiger partial charge in [0, 0.05) is 17.4 Å². The third-order valence-corrected chi connectivity index (χ3v) is 5.07. The van der Waals surface area contributed by atoms with Crippen LogP contribution in [0.2, 0.25) is 5.02 Å². The number of carbonyl (C=O) groups excluding carboxylic acids is 2. The molecule has 0 fully saturated rings. The van der Waals surface area contributed by atoms with Gasteiger partial charge in [-0.25, -0.2) is 0 Å². The molecule has 0 unspecified atom stereocenters. The molecule has 0 aliphatic carbocycles. The third kappa shape index (κ3) is 5.32. The molecule has 0 aromatic heterocycles. The molecule has 0 spiro atoms. The van der Waals surface area contributed by atoms with Crippen molar-refractivity contribution in [3.8, 4) is 17.6 Å². The molecule has 0 bridgehead atoms. The van der Waals surface area contributed by atoms with Crippen LogP contribution in [0.5, 0.6) is 11.5 Å². The summed E-state index contributed by atoms with van der Waals surface area (Å²) in [5.74, 6) is 0.202. The number of hydrogen-bond donors (Lipinski definition) is 2. The number of benzene rings is 3. The summed E-state index contributed by atoms with van der Waals surface area (Å²) in [6.45, 7) is 0.898. The number of rotatable bonds is 5. The monoisotopic (exact) mass is 459 g/mol. The lowest BCUT2D eigenvalue weighted by Gasteiger charge is -2.18. The van der Waals surface area contributed by atoms with Gasteiger partial charge >= 0.3 is 0 Å². The Hall–Kier alpha value is -4.28. The zero-order chi connectivity index (χ0) is 23.2. The van der Waals surface area contributed by atoms with E-state index in [0.717, 1.165) is 0 Å². The van der Waals surface area contributed by atoms with Crippen LogP contribution in [-0.2, 0) is 4.79 Å². The van der Waals surface area contributed by atoms with Gasteiger partial charge in [-0.15, -0.1) is 0 Å². The fourth-order valence-corrected chi connectivity index (χ4v) is 3.41. The normalized spacial score (nSPS) is 12.4. The number of halogens is 1. The molecule has 3 aromatic carbocycles. The van der Waals surface area contributed by atoms with Gasteiger partial charge in [-0.2, -0.15) is 5.26 Å². The van der Waals surface area contributed by atoms with Crippen molar-refractivity contribution in [1.29, 1.82) is 5.26 Å². The summed E-state index contributed by atoms with van der Waals surface area (Å²) in [5, 5.41) is 15.3. The maximum atomic E-state index is 12.6. The van der Waals surface area contributed by atoms with E-state index in [1.54, 1.807) is 66.7 Å². The maximum absolute atomic E-state index is 12.6. The number of nitrogens with one attached hydrogen (secondary N) is 2. The first-order chi connectivity index (χ1) is 16.0. The topological polar surface area (TPSA) is 100 Å². The van der Waals surface area contributed by atoms with E-state index in [4.69, 9.17) is 21.1 Å². The van der Waals surface area contributed by atoms with Gasteiger partial charge in [-0.3, -0.25) is 9.59 Å². The predicted octanol–water partition coefficient (Wildman–Crippen LogP) is 4.91. The van der Waals surface area contributed by atoms with Crippen LogP contribution < -0.4 is 20.1 Å². The highest BCUT2D eigenvalue weighted by Crippen LogP contribution is 2.32. The van der Waals surface area contributed by atoms with Crippen LogP contribution in [0, 0.1) is 11.3 Å². The van der Waals surface area contributed by atoms with Crippen molar-refractivity contribution < 1.29 is 19.1 Å². The van der Waals surface area contributed by atoms with Crippen molar-refractivity contribution in [3.05, 3.63) is 88.5 Å². The van der Waals surface area contributed by atoms with Crippen molar-refractivity contribution in [2.45, 2.75) is 0 Å². The number of ether oxygens (including phenoxy) is 2. The average molecular weight is 460 g/mol. The molecule has 0 atom stereocenters. The molecular formula is C25H18ClN3O4. The Kier molecular flexibility index (Phi) is 6.58. The highest BCUT2D eigenvalue weighted by molar-refractivity contribution is 6.34. The van der Waals surface area contributed by atoms with Gasteiger partial charge in [0.1, 0.15) is 24.9 Å². The lowest BCUT2D eigenvalue weighted by Crippen LogP contribution is -2.17. The van der Waals surface area contributed by atoms with E-state index in [9.17, 15) is 14.9 Å². The minimum absolute atomic E-state index is 0.0977. The summed E-state index contributed by atoms with van der Waals surface area (Å²) in [6.07, 6.45) is 1.44. The Morgan fingerprint density at radius 3 is 2.45 bits per heavy atom. The van der Waals surface area contributed by atoms with Gasteiger partial charge in [-0.1, -0.05) is 35.9 Å². The zero-order valence-corrected chi connectivity index (χ0v) is 18.1. The van der Waals surface area contributed by atoms with E-state index < -0.39 is 5.91 Å². The van der Waals surface area contributed by atoms with Gasteiger partial charge in [0.2, 0.25) is 0 Å². The first kappa shape index (κ1) is 21.9. The third-order valence-electron chi connectivity index (χ3n) is 4.74. The number of amides is 2. The van der Waals surface area contributed by atoms with Crippen LogP contribution in [0.25, 0.3) is 6.08 Å². The largest absolute Gasteiger partial charge is 0.486 e. The van der Waals surface area contributed by atoms with Gasteiger partial charge in [-0.05, 0) is 48.0 Å². The van der Waals surface area contributed by atoms with E-state index in [0.29, 0.717) is 52.2 Å². The smallest absolute Gasteiger partial charge is 0.266 e. The molecule has 0 saturated carbocycles. The summed E-state index contributed by atoms with van der Waals surface area (Å²) < 4.78 is 11.0. The van der Waals surface area contributed by atoms with Gasteiger partial charge in [0.25, 0.3) is 11.8 Å². The minimum atomic E-state index is -0.570. The van der Waals surface area contributed by atoms with E-state index in [2.05, 4.69) is 10.6 Å². The van der Waals surface area contributed by atoms with Crippen LogP contribution in [0.3, 0.4) is 0 Å². The quantitative estimate of drug-likeness (QED) is 0.417. The maximum Gasteiger partial charge on any atom is 0.266 e. The molecule has 7 nitrogen and oxygen atoms in total. The molecular weight excluding hydrogens is 442 g/mol. The zero-order valence-electron chi connectivity index (χ0n) is 17.3. The summed E-state index contributed by atoms with van der Waals surface area (Å²) in [6, 6.07) is 20.4. The number of anilines is 2. The lowest BCUT2D eigenvalue weighted by atomic mass is 10.1. The minimum Gasteiger partial charge on any atom is -0.486 e. The second kappa shape index (κ2) is 9.90. The van der Waals surface area contributed by atoms with Crippen molar-refractivity contribution in [2.75, 3.05) is 23.8 Å². The Bertz CT molecular complexity index is 1300. The lowest BCUT2D eigenvalue weighted by molar-refractivity contribution is -0.112. The summed E-state index contributed by atoms with van der Waals surface area (Å²) in [5.41, 5.74) is 1.79. The molecule has 0 radical (unpaired) electrons. The van der Waals surface area contributed by atoms with E-state index in [1.807, 2.05) is 6.07 Å². The van der Waals surface area contributed by atoms with E-state index in [-0.39, 0.29) is 11.5 Å². The molecule has 1 heterocycles. The molecule has 2 amide bonds. The summed E-state index contributed by atoms with van der Waals surface area (Å²) in [4.78, 5) is 25.1. The molecule has 2 N–H and O–H groups in total. The number of hydrogen-bond acceptors (Lipinski definition) is 5. The van der Waals surface area contributed by atoms with Crippen molar-refractivity contribution in [2.24, 2.45) is 0 Å².